The Morgan fingerprint density at radius 2 is 1.45 bits per heavy atom. The van der Waals surface area contributed by atoms with E-state index < -0.39 is 0 Å². The molecule has 0 aliphatic rings. The van der Waals surface area contributed by atoms with Gasteiger partial charge in [0.1, 0.15) is 6.04 Å². The second-order valence-corrected chi connectivity index (χ2v) is 12.0. The van der Waals surface area contributed by atoms with Gasteiger partial charge in [-0.1, -0.05) is 78.9 Å². The van der Waals surface area contributed by atoms with Crippen LogP contribution in [0.25, 0.3) is 47.7 Å². The molecule has 1 unspecified atom stereocenters. The number of thiophene rings is 1. The lowest BCUT2D eigenvalue weighted by atomic mass is 9.97. The highest BCUT2D eigenvalue weighted by Crippen LogP contribution is 2.40. The smallest absolute Gasteiger partial charge is 0.102 e. The number of benzene rings is 6. The maximum Gasteiger partial charge on any atom is 0.102 e. The Morgan fingerprint density at radius 3 is 2.30 bits per heavy atom. The average molecular weight is 583 g/mol. The molecule has 0 amide bonds. The van der Waals surface area contributed by atoms with Gasteiger partial charge in [0, 0.05) is 54.1 Å². The van der Waals surface area contributed by atoms with Gasteiger partial charge in [-0.3, -0.25) is 4.99 Å². The minimum Gasteiger partial charge on any atom is -0.398 e. The van der Waals surface area contributed by atoms with Crippen LogP contribution in [0.5, 0.6) is 0 Å². The van der Waals surface area contributed by atoms with Gasteiger partial charge in [0.2, 0.25) is 0 Å². The molecule has 5 heteroatoms. The molecular formula is C39H26N4S. The zero-order valence-corrected chi connectivity index (χ0v) is 24.5. The van der Waals surface area contributed by atoms with E-state index in [1.807, 2.05) is 66.1 Å². The van der Waals surface area contributed by atoms with E-state index in [0.717, 1.165) is 22.4 Å². The van der Waals surface area contributed by atoms with Crippen LogP contribution in [0.4, 0.5) is 5.69 Å². The first-order valence-corrected chi connectivity index (χ1v) is 15.3. The van der Waals surface area contributed by atoms with E-state index in [-0.39, 0.29) is 6.04 Å². The zero-order chi connectivity index (χ0) is 29.6. The molecule has 6 aromatic carbocycles. The van der Waals surface area contributed by atoms with Crippen molar-refractivity contribution < 1.29 is 0 Å². The monoisotopic (exact) mass is 582 g/mol. The molecule has 0 fully saturated rings. The number of aliphatic imine (C=N–C) groups is 1. The first-order chi connectivity index (χ1) is 21.7. The predicted molar refractivity (Wildman–Crippen MR) is 185 cm³/mol. The fraction of sp³-hybridized carbons (Fsp3) is 0.0256. The highest BCUT2D eigenvalue weighted by Gasteiger charge is 2.17. The maximum absolute atomic E-state index is 9.30. The summed E-state index contributed by atoms with van der Waals surface area (Å²) in [5.74, 6) is 0. The minimum absolute atomic E-state index is 0.305. The summed E-state index contributed by atoms with van der Waals surface area (Å²) in [6, 6.07) is 47.8. The van der Waals surface area contributed by atoms with Crippen molar-refractivity contribution in [3.05, 3.63) is 156 Å². The number of hydrogen-bond acceptors (Lipinski definition) is 4. The van der Waals surface area contributed by atoms with E-state index >= 15 is 0 Å². The topological polar surface area (TPSA) is 67.1 Å². The lowest BCUT2D eigenvalue weighted by Gasteiger charge is -2.16. The van der Waals surface area contributed by atoms with E-state index in [1.165, 1.54) is 42.0 Å². The molecule has 0 saturated heterocycles. The summed E-state index contributed by atoms with van der Waals surface area (Å²) < 4.78 is 4.97. The van der Waals surface area contributed by atoms with Gasteiger partial charge in [-0.05, 0) is 65.7 Å². The van der Waals surface area contributed by atoms with Crippen LogP contribution in [0.3, 0.4) is 0 Å². The van der Waals surface area contributed by atoms with Crippen LogP contribution in [-0.2, 0) is 0 Å². The van der Waals surface area contributed by atoms with Crippen LogP contribution in [0.2, 0.25) is 0 Å². The summed E-state index contributed by atoms with van der Waals surface area (Å²) in [7, 11) is 0. The molecule has 0 aliphatic heterocycles. The molecule has 0 aliphatic carbocycles. The minimum atomic E-state index is -0.305. The van der Waals surface area contributed by atoms with Gasteiger partial charge >= 0.3 is 0 Å². The molecule has 0 radical (unpaired) electrons. The van der Waals surface area contributed by atoms with Crippen LogP contribution < -0.4 is 5.73 Å². The van der Waals surface area contributed by atoms with Gasteiger partial charge in [0.15, 0.2) is 0 Å². The second-order valence-electron chi connectivity index (χ2n) is 11.0. The molecule has 2 aromatic heterocycles. The molecule has 0 spiro atoms. The summed E-state index contributed by atoms with van der Waals surface area (Å²) in [5.41, 5.74) is 14.0. The van der Waals surface area contributed by atoms with E-state index in [9.17, 15) is 5.26 Å². The molecule has 2 N–H and O–H groups in total. The highest BCUT2D eigenvalue weighted by molar-refractivity contribution is 7.25. The Labute approximate surface area is 258 Å². The van der Waals surface area contributed by atoms with Gasteiger partial charge in [-0.15, -0.1) is 11.3 Å². The Morgan fingerprint density at radius 1 is 0.682 bits per heavy atom. The third kappa shape index (κ3) is 4.32. The van der Waals surface area contributed by atoms with Crippen LogP contribution in [0.1, 0.15) is 28.3 Å². The van der Waals surface area contributed by atoms with Crippen LogP contribution >= 0.6 is 11.3 Å². The quantitative estimate of drug-likeness (QED) is 0.162. The molecule has 8 rings (SSSR count). The Kier molecular flexibility index (Phi) is 6.22. The summed E-state index contributed by atoms with van der Waals surface area (Å²) in [5, 5.41) is 14.4. The van der Waals surface area contributed by atoms with Crippen LogP contribution in [-0.4, -0.2) is 10.8 Å². The molecule has 208 valence electrons. The standard InChI is InChI=1S/C39H26N4S/c40-23-25-16-18-27(19-17-25)39(31-12-1-4-13-34(31)41)42-24-26-8-7-9-28(20-26)43-35-14-5-2-10-29(35)32-22-38-33(21-36(32)43)30-11-3-6-15-37(30)44-38/h1-22,24,39H,41H2/b42-24+. The molecule has 0 bridgehead atoms. The largest absolute Gasteiger partial charge is 0.398 e. The lowest BCUT2D eigenvalue weighted by molar-refractivity contribution is 0.881. The van der Waals surface area contributed by atoms with E-state index in [4.69, 9.17) is 10.7 Å². The lowest BCUT2D eigenvalue weighted by Crippen LogP contribution is -2.03. The van der Waals surface area contributed by atoms with Gasteiger partial charge in [-0.2, -0.15) is 5.26 Å². The van der Waals surface area contributed by atoms with Crippen molar-refractivity contribution in [3.63, 3.8) is 0 Å². The molecule has 4 nitrogen and oxygen atoms in total. The number of fused-ring (bicyclic) bond motifs is 6. The Hall–Kier alpha value is -5.70. The van der Waals surface area contributed by atoms with Crippen molar-refractivity contribution in [2.75, 3.05) is 5.73 Å². The number of nitrogens with two attached hydrogens (primary N) is 1. The molecule has 2 heterocycles. The fourth-order valence-electron chi connectivity index (χ4n) is 6.22. The van der Waals surface area contributed by atoms with Gasteiger partial charge < -0.3 is 10.3 Å². The molecule has 1 atom stereocenters. The Bertz CT molecular complexity index is 2420. The molecule has 0 saturated carbocycles. The molecule has 44 heavy (non-hydrogen) atoms. The summed E-state index contributed by atoms with van der Waals surface area (Å²) in [6.45, 7) is 0. The average Bonchev–Trinajstić information content (AvgIpc) is 3.60. The van der Waals surface area contributed by atoms with Gasteiger partial charge in [0.25, 0.3) is 0 Å². The number of hydrogen-bond donors (Lipinski definition) is 1. The number of para-hydroxylation sites is 2. The fourth-order valence-corrected chi connectivity index (χ4v) is 7.34. The van der Waals surface area contributed by atoms with Crippen LogP contribution in [0.15, 0.2) is 138 Å². The third-order valence-corrected chi connectivity index (χ3v) is 9.45. The number of anilines is 1. The summed E-state index contributed by atoms with van der Waals surface area (Å²) in [6.07, 6.45) is 1.93. The van der Waals surface area contributed by atoms with Crippen molar-refractivity contribution >= 4 is 65.2 Å². The van der Waals surface area contributed by atoms with Gasteiger partial charge in [-0.25, -0.2) is 0 Å². The predicted octanol–water partition coefficient (Wildman–Crippen LogP) is 9.81. The molecule has 8 aromatic rings. The number of nitrogens with zero attached hydrogens (tertiary/aromatic N) is 3. The van der Waals surface area contributed by atoms with Gasteiger partial charge in [0.05, 0.1) is 22.7 Å². The first kappa shape index (κ1) is 26.0. The van der Waals surface area contributed by atoms with Crippen molar-refractivity contribution in [2.45, 2.75) is 6.04 Å². The van der Waals surface area contributed by atoms with Crippen molar-refractivity contribution in [2.24, 2.45) is 4.99 Å². The number of aromatic nitrogens is 1. The molecular weight excluding hydrogens is 557 g/mol. The Balaban J connectivity index is 1.27. The maximum atomic E-state index is 9.30. The number of nitriles is 1. The van der Waals surface area contributed by atoms with Crippen molar-refractivity contribution in [3.8, 4) is 11.8 Å². The SMILES string of the molecule is N#Cc1ccc(C(/N=C/c2cccc(-n3c4ccccc4c4cc5sc6ccccc6c5cc43)c2)c2ccccc2N)cc1. The van der Waals surface area contributed by atoms with Crippen molar-refractivity contribution in [1.29, 1.82) is 5.26 Å². The van der Waals surface area contributed by atoms with Crippen molar-refractivity contribution in [1.82, 2.24) is 4.57 Å². The summed E-state index contributed by atoms with van der Waals surface area (Å²) in [4.78, 5) is 5.07. The van der Waals surface area contributed by atoms with Crippen LogP contribution in [0, 0.1) is 11.3 Å². The normalized spacial score (nSPS) is 12.4. The number of rotatable bonds is 5. The second kappa shape index (κ2) is 10.5. The summed E-state index contributed by atoms with van der Waals surface area (Å²) >= 11 is 1.85. The number of nitrogen functional groups attached to an aromatic ring is 1. The first-order valence-electron chi connectivity index (χ1n) is 14.5. The third-order valence-electron chi connectivity index (χ3n) is 8.32. The zero-order valence-electron chi connectivity index (χ0n) is 23.7. The van der Waals surface area contributed by atoms with E-state index in [0.29, 0.717) is 11.3 Å². The highest BCUT2D eigenvalue weighted by atomic mass is 32.1. The van der Waals surface area contributed by atoms with E-state index in [2.05, 4.69) is 95.6 Å². The van der Waals surface area contributed by atoms with E-state index in [1.54, 1.807) is 0 Å².